The predicted molar refractivity (Wildman–Crippen MR) is 83.1 cm³/mol. The van der Waals surface area contributed by atoms with Gasteiger partial charge in [-0.1, -0.05) is 12.1 Å². The summed E-state index contributed by atoms with van der Waals surface area (Å²) in [6, 6.07) is 8.13. The summed E-state index contributed by atoms with van der Waals surface area (Å²) in [5.74, 6) is 0.951. The van der Waals surface area contributed by atoms with Crippen molar-refractivity contribution in [2.75, 3.05) is 0 Å². The smallest absolute Gasteiger partial charge is 0.112 e. The van der Waals surface area contributed by atoms with Crippen LogP contribution < -0.4 is 0 Å². The van der Waals surface area contributed by atoms with Gasteiger partial charge in [-0.25, -0.2) is 4.98 Å². The normalized spacial score (nSPS) is 12.9. The van der Waals surface area contributed by atoms with E-state index in [2.05, 4.69) is 27.9 Å². The van der Waals surface area contributed by atoms with Gasteiger partial charge in [0.2, 0.25) is 0 Å². The molecule has 0 aliphatic rings. The van der Waals surface area contributed by atoms with Gasteiger partial charge in [0, 0.05) is 13.0 Å². The number of rotatable bonds is 4. The fraction of sp³-hybridized carbons (Fsp3) is 0.312. The predicted octanol–water partition coefficient (Wildman–Crippen LogP) is 3.70. The van der Waals surface area contributed by atoms with Gasteiger partial charge in [0.05, 0.1) is 17.1 Å². The monoisotopic (exact) mass is 286 g/mol. The second kappa shape index (κ2) is 5.38. The minimum atomic E-state index is -0.483. The quantitative estimate of drug-likeness (QED) is 0.794. The van der Waals surface area contributed by atoms with Crippen molar-refractivity contribution < 1.29 is 5.11 Å². The lowest BCUT2D eigenvalue weighted by atomic mass is 10.1. The number of para-hydroxylation sites is 2. The maximum atomic E-state index is 10.4. The Bertz CT molecular complexity index is 729. The number of fused-ring (bicyclic) bond motifs is 1. The van der Waals surface area contributed by atoms with Crippen LogP contribution in [0.5, 0.6) is 0 Å². The van der Waals surface area contributed by atoms with Gasteiger partial charge in [-0.3, -0.25) is 0 Å². The first-order chi connectivity index (χ1) is 9.70. The Morgan fingerprint density at radius 3 is 2.80 bits per heavy atom. The van der Waals surface area contributed by atoms with Gasteiger partial charge in [-0.15, -0.1) is 0 Å². The van der Waals surface area contributed by atoms with Crippen molar-refractivity contribution in [2.45, 2.75) is 32.9 Å². The van der Waals surface area contributed by atoms with Gasteiger partial charge in [0.1, 0.15) is 5.82 Å². The van der Waals surface area contributed by atoms with Gasteiger partial charge in [0.25, 0.3) is 0 Å². The molecule has 0 saturated heterocycles. The van der Waals surface area contributed by atoms with E-state index in [-0.39, 0.29) is 0 Å². The second-order valence-electron chi connectivity index (χ2n) is 4.99. The number of aliphatic hydroxyl groups is 1. The highest BCUT2D eigenvalue weighted by molar-refractivity contribution is 7.08. The van der Waals surface area contributed by atoms with Crippen LogP contribution in [0.2, 0.25) is 0 Å². The molecule has 3 aromatic rings. The molecule has 0 aliphatic carbocycles. The summed E-state index contributed by atoms with van der Waals surface area (Å²) in [4.78, 5) is 4.67. The lowest BCUT2D eigenvalue weighted by Gasteiger charge is -2.11. The van der Waals surface area contributed by atoms with E-state index in [4.69, 9.17) is 0 Å². The number of imidazole rings is 1. The maximum absolute atomic E-state index is 10.4. The molecule has 2 heterocycles. The molecule has 2 aromatic heterocycles. The number of aryl methyl sites for hydroxylation is 2. The SMILES string of the molecule is CCn1c(CC(O)c2cscc2C)nc2ccccc21. The van der Waals surface area contributed by atoms with Crippen LogP contribution in [0.15, 0.2) is 35.0 Å². The van der Waals surface area contributed by atoms with Crippen LogP contribution in [-0.2, 0) is 13.0 Å². The fourth-order valence-electron chi connectivity index (χ4n) is 2.63. The van der Waals surface area contributed by atoms with E-state index >= 15 is 0 Å². The molecule has 0 aliphatic heterocycles. The third-order valence-corrected chi connectivity index (χ3v) is 4.56. The number of hydrogen-bond acceptors (Lipinski definition) is 3. The summed E-state index contributed by atoms with van der Waals surface area (Å²) in [6.07, 6.45) is 0.0727. The minimum Gasteiger partial charge on any atom is -0.388 e. The van der Waals surface area contributed by atoms with Gasteiger partial charge in [-0.05, 0) is 47.9 Å². The fourth-order valence-corrected chi connectivity index (χ4v) is 3.53. The summed E-state index contributed by atoms with van der Waals surface area (Å²) in [6.45, 7) is 5.02. The molecule has 0 bridgehead atoms. The Balaban J connectivity index is 1.96. The van der Waals surface area contributed by atoms with Crippen molar-refractivity contribution >= 4 is 22.4 Å². The molecule has 0 fully saturated rings. The Morgan fingerprint density at radius 1 is 1.30 bits per heavy atom. The molecule has 20 heavy (non-hydrogen) atoms. The molecular weight excluding hydrogens is 268 g/mol. The van der Waals surface area contributed by atoms with Crippen molar-refractivity contribution in [3.63, 3.8) is 0 Å². The van der Waals surface area contributed by atoms with Gasteiger partial charge in [0.15, 0.2) is 0 Å². The summed E-state index contributed by atoms with van der Waals surface area (Å²) in [7, 11) is 0. The molecule has 0 radical (unpaired) electrons. The summed E-state index contributed by atoms with van der Waals surface area (Å²) in [5, 5.41) is 14.5. The zero-order chi connectivity index (χ0) is 14.1. The zero-order valence-electron chi connectivity index (χ0n) is 11.7. The Labute approximate surface area is 122 Å². The van der Waals surface area contributed by atoms with Crippen molar-refractivity contribution in [1.29, 1.82) is 0 Å². The van der Waals surface area contributed by atoms with Crippen LogP contribution in [0.3, 0.4) is 0 Å². The summed E-state index contributed by atoms with van der Waals surface area (Å²) < 4.78 is 2.18. The number of aromatic nitrogens is 2. The van der Waals surface area contributed by atoms with Crippen molar-refractivity contribution in [2.24, 2.45) is 0 Å². The second-order valence-corrected chi connectivity index (χ2v) is 5.73. The van der Waals surface area contributed by atoms with Crippen LogP contribution in [0.1, 0.15) is 30.0 Å². The molecule has 0 saturated carbocycles. The molecule has 1 unspecified atom stereocenters. The van der Waals surface area contributed by atoms with Crippen LogP contribution >= 0.6 is 11.3 Å². The first kappa shape index (κ1) is 13.3. The zero-order valence-corrected chi connectivity index (χ0v) is 12.5. The van der Waals surface area contributed by atoms with Crippen molar-refractivity contribution in [3.05, 3.63) is 52.0 Å². The standard InChI is InChI=1S/C16H18N2OS/c1-3-18-14-7-5-4-6-13(14)17-16(18)8-15(19)12-10-20-9-11(12)2/h4-7,9-10,15,19H,3,8H2,1-2H3. The summed E-state index contributed by atoms with van der Waals surface area (Å²) in [5.41, 5.74) is 4.31. The highest BCUT2D eigenvalue weighted by Gasteiger charge is 2.17. The van der Waals surface area contributed by atoms with Crippen LogP contribution in [-0.4, -0.2) is 14.7 Å². The average molecular weight is 286 g/mol. The maximum Gasteiger partial charge on any atom is 0.112 e. The molecule has 1 aromatic carbocycles. The van der Waals surface area contributed by atoms with Crippen LogP contribution in [0.25, 0.3) is 11.0 Å². The highest BCUT2D eigenvalue weighted by Crippen LogP contribution is 2.26. The molecule has 0 amide bonds. The Morgan fingerprint density at radius 2 is 2.10 bits per heavy atom. The van der Waals surface area contributed by atoms with E-state index in [9.17, 15) is 5.11 Å². The first-order valence-corrected chi connectivity index (χ1v) is 7.80. The van der Waals surface area contributed by atoms with Crippen molar-refractivity contribution in [1.82, 2.24) is 9.55 Å². The van der Waals surface area contributed by atoms with E-state index in [0.29, 0.717) is 6.42 Å². The third kappa shape index (κ3) is 2.25. The molecule has 3 rings (SSSR count). The van der Waals surface area contributed by atoms with Crippen LogP contribution in [0.4, 0.5) is 0 Å². The number of aliphatic hydroxyl groups excluding tert-OH is 1. The highest BCUT2D eigenvalue weighted by atomic mass is 32.1. The number of hydrogen-bond donors (Lipinski definition) is 1. The van der Waals surface area contributed by atoms with E-state index in [1.807, 2.05) is 30.5 Å². The van der Waals surface area contributed by atoms with Crippen LogP contribution in [0, 0.1) is 6.92 Å². The van der Waals surface area contributed by atoms with Gasteiger partial charge in [-0.2, -0.15) is 11.3 Å². The molecule has 3 nitrogen and oxygen atoms in total. The molecule has 1 atom stereocenters. The minimum absolute atomic E-state index is 0.483. The molecule has 1 N–H and O–H groups in total. The summed E-state index contributed by atoms with van der Waals surface area (Å²) >= 11 is 1.63. The lowest BCUT2D eigenvalue weighted by Crippen LogP contribution is -2.08. The molecule has 104 valence electrons. The first-order valence-electron chi connectivity index (χ1n) is 6.85. The molecule has 0 spiro atoms. The number of benzene rings is 1. The van der Waals surface area contributed by atoms with E-state index in [1.165, 1.54) is 0 Å². The topological polar surface area (TPSA) is 38.0 Å². The van der Waals surface area contributed by atoms with E-state index < -0.39 is 6.10 Å². The third-order valence-electron chi connectivity index (χ3n) is 3.68. The average Bonchev–Trinajstić information content (AvgIpc) is 3.01. The van der Waals surface area contributed by atoms with Gasteiger partial charge < -0.3 is 9.67 Å². The van der Waals surface area contributed by atoms with E-state index in [1.54, 1.807) is 11.3 Å². The molecular formula is C16H18N2OS. The lowest BCUT2D eigenvalue weighted by molar-refractivity contribution is 0.174. The number of thiophene rings is 1. The number of nitrogens with zero attached hydrogens (tertiary/aromatic N) is 2. The Hall–Kier alpha value is -1.65. The van der Waals surface area contributed by atoms with Crippen molar-refractivity contribution in [3.8, 4) is 0 Å². The molecule has 4 heteroatoms. The largest absolute Gasteiger partial charge is 0.388 e. The van der Waals surface area contributed by atoms with Gasteiger partial charge >= 0.3 is 0 Å². The van der Waals surface area contributed by atoms with E-state index in [0.717, 1.165) is 34.5 Å². The Kier molecular flexibility index (Phi) is 3.59.